The van der Waals surface area contributed by atoms with Gasteiger partial charge in [0.15, 0.2) is 6.10 Å². The number of carboxylic acids is 1. The van der Waals surface area contributed by atoms with E-state index < -0.39 is 17.5 Å². The molecule has 0 unspecified atom stereocenters. The van der Waals surface area contributed by atoms with Crippen molar-refractivity contribution < 1.29 is 19.4 Å². The van der Waals surface area contributed by atoms with E-state index in [9.17, 15) is 14.7 Å². The molecular formula is C33H30ClNO4. The van der Waals surface area contributed by atoms with Crippen LogP contribution in [0.15, 0.2) is 103 Å². The van der Waals surface area contributed by atoms with Gasteiger partial charge in [0.25, 0.3) is 0 Å². The first-order valence-electron chi connectivity index (χ1n) is 13.1. The molecule has 0 aromatic heterocycles. The van der Waals surface area contributed by atoms with Gasteiger partial charge >= 0.3 is 5.97 Å². The Balaban J connectivity index is 1.25. The van der Waals surface area contributed by atoms with Crippen molar-refractivity contribution in [2.45, 2.75) is 43.6 Å². The highest BCUT2D eigenvalue weighted by Gasteiger charge is 2.42. The third kappa shape index (κ3) is 6.15. The molecule has 1 saturated carbocycles. The zero-order valence-corrected chi connectivity index (χ0v) is 22.2. The van der Waals surface area contributed by atoms with Crippen LogP contribution in [0.1, 0.15) is 36.8 Å². The minimum absolute atomic E-state index is 0.0139. The molecule has 1 atom stereocenters. The molecule has 4 aromatic carbocycles. The molecule has 1 amide bonds. The summed E-state index contributed by atoms with van der Waals surface area (Å²) < 4.78 is 5.78. The minimum atomic E-state index is -1.00. The SMILES string of the molecule is O=C(O)[C@@H](Cc1ccccc1)Oc1ccc(-c2ccc(NC(=O)C3(c4ccc(Cl)cc4)CCCC3)cc2)cc1. The summed E-state index contributed by atoms with van der Waals surface area (Å²) in [6.45, 7) is 0. The third-order valence-corrected chi connectivity index (χ3v) is 7.69. The predicted molar refractivity (Wildman–Crippen MR) is 154 cm³/mol. The molecule has 0 spiro atoms. The molecule has 1 aliphatic carbocycles. The zero-order chi connectivity index (χ0) is 27.2. The van der Waals surface area contributed by atoms with Gasteiger partial charge in [-0.2, -0.15) is 0 Å². The Kier molecular flexibility index (Phi) is 7.99. The monoisotopic (exact) mass is 539 g/mol. The van der Waals surface area contributed by atoms with Crippen molar-refractivity contribution in [3.8, 4) is 16.9 Å². The minimum Gasteiger partial charge on any atom is -0.478 e. The van der Waals surface area contributed by atoms with E-state index in [-0.39, 0.29) is 12.3 Å². The zero-order valence-electron chi connectivity index (χ0n) is 21.5. The fourth-order valence-electron chi connectivity index (χ4n) is 5.29. The second-order valence-electron chi connectivity index (χ2n) is 9.99. The van der Waals surface area contributed by atoms with E-state index in [1.165, 1.54) is 0 Å². The van der Waals surface area contributed by atoms with Crippen molar-refractivity contribution in [1.82, 2.24) is 0 Å². The number of rotatable bonds is 9. The number of aliphatic carboxylic acids is 1. The lowest BCUT2D eigenvalue weighted by molar-refractivity contribution is -0.145. The van der Waals surface area contributed by atoms with Gasteiger partial charge in [-0.05, 0) is 71.5 Å². The van der Waals surface area contributed by atoms with Crippen molar-refractivity contribution in [3.63, 3.8) is 0 Å². The molecule has 5 nitrogen and oxygen atoms in total. The van der Waals surface area contributed by atoms with Gasteiger partial charge in [-0.15, -0.1) is 0 Å². The summed E-state index contributed by atoms with van der Waals surface area (Å²) in [5.74, 6) is -0.494. The number of halogens is 1. The summed E-state index contributed by atoms with van der Waals surface area (Å²) in [6, 6.07) is 32.2. The van der Waals surface area contributed by atoms with E-state index in [1.54, 1.807) is 12.1 Å². The lowest BCUT2D eigenvalue weighted by Gasteiger charge is -2.28. The van der Waals surface area contributed by atoms with Crippen LogP contribution in [0.5, 0.6) is 5.75 Å². The topological polar surface area (TPSA) is 75.6 Å². The van der Waals surface area contributed by atoms with E-state index in [1.807, 2.05) is 91.0 Å². The molecule has 0 radical (unpaired) electrons. The van der Waals surface area contributed by atoms with Gasteiger partial charge in [0, 0.05) is 17.1 Å². The molecule has 39 heavy (non-hydrogen) atoms. The number of nitrogens with one attached hydrogen (secondary N) is 1. The normalized spacial score (nSPS) is 14.9. The van der Waals surface area contributed by atoms with Gasteiger partial charge in [-0.3, -0.25) is 4.79 Å². The number of carbonyl (C=O) groups excluding carboxylic acids is 1. The maximum atomic E-state index is 13.5. The molecule has 198 valence electrons. The summed E-state index contributed by atoms with van der Waals surface area (Å²) in [5, 5.41) is 13.4. The van der Waals surface area contributed by atoms with Crippen molar-refractivity contribution in [2.75, 3.05) is 5.32 Å². The number of hydrogen-bond acceptors (Lipinski definition) is 3. The van der Waals surface area contributed by atoms with Crippen molar-refractivity contribution in [2.24, 2.45) is 0 Å². The second-order valence-corrected chi connectivity index (χ2v) is 10.4. The molecule has 0 bridgehead atoms. The molecule has 5 rings (SSSR count). The number of anilines is 1. The Hall–Kier alpha value is -4.09. The van der Waals surface area contributed by atoms with Gasteiger partial charge in [-0.1, -0.05) is 91.2 Å². The fourth-order valence-corrected chi connectivity index (χ4v) is 5.41. The van der Waals surface area contributed by atoms with Crippen LogP contribution >= 0.6 is 11.6 Å². The van der Waals surface area contributed by atoms with Crippen LogP contribution < -0.4 is 10.1 Å². The van der Waals surface area contributed by atoms with Crippen LogP contribution in [0.3, 0.4) is 0 Å². The van der Waals surface area contributed by atoms with Gasteiger partial charge in [0.2, 0.25) is 5.91 Å². The third-order valence-electron chi connectivity index (χ3n) is 7.44. The molecule has 1 aliphatic rings. The summed E-state index contributed by atoms with van der Waals surface area (Å²) in [7, 11) is 0. The molecule has 6 heteroatoms. The maximum Gasteiger partial charge on any atom is 0.345 e. The highest BCUT2D eigenvalue weighted by Crippen LogP contribution is 2.42. The van der Waals surface area contributed by atoms with Crippen LogP contribution in [0.4, 0.5) is 5.69 Å². The number of hydrogen-bond donors (Lipinski definition) is 2. The number of carbonyl (C=O) groups is 2. The average Bonchev–Trinajstić information content (AvgIpc) is 3.46. The van der Waals surface area contributed by atoms with Crippen LogP contribution in [-0.2, 0) is 21.4 Å². The Labute approximate surface area is 233 Å². The van der Waals surface area contributed by atoms with Gasteiger partial charge in [0.05, 0.1) is 5.41 Å². The van der Waals surface area contributed by atoms with E-state index >= 15 is 0 Å². The van der Waals surface area contributed by atoms with E-state index in [0.29, 0.717) is 10.8 Å². The first-order chi connectivity index (χ1) is 18.9. The summed E-state index contributed by atoms with van der Waals surface area (Å²) >= 11 is 6.08. The van der Waals surface area contributed by atoms with Crippen molar-refractivity contribution in [3.05, 3.63) is 119 Å². The van der Waals surface area contributed by atoms with Gasteiger partial charge in [-0.25, -0.2) is 4.79 Å². The molecule has 0 heterocycles. The van der Waals surface area contributed by atoms with E-state index in [2.05, 4.69) is 5.32 Å². The average molecular weight is 540 g/mol. The highest BCUT2D eigenvalue weighted by atomic mass is 35.5. The van der Waals surface area contributed by atoms with Crippen LogP contribution in [0, 0.1) is 0 Å². The Bertz CT molecular complexity index is 1410. The standard InChI is InChI=1S/C33H30ClNO4/c34-27-14-12-26(13-15-27)33(20-4-5-21-33)32(38)35-28-16-8-24(9-17-28)25-10-18-29(19-11-25)39-30(31(36)37)22-23-6-2-1-3-7-23/h1-3,6-19,30H,4-5,20-22H2,(H,35,38)(H,36,37)/t30-/m1/s1. The molecule has 1 fully saturated rings. The number of benzene rings is 4. The van der Waals surface area contributed by atoms with Gasteiger partial charge < -0.3 is 15.2 Å². The molecule has 2 N–H and O–H groups in total. The first-order valence-corrected chi connectivity index (χ1v) is 13.5. The number of ether oxygens (including phenoxy) is 1. The maximum absolute atomic E-state index is 13.5. The molecule has 0 saturated heterocycles. The summed E-state index contributed by atoms with van der Waals surface area (Å²) in [4.78, 5) is 25.2. The van der Waals surface area contributed by atoms with Crippen molar-refractivity contribution in [1.29, 1.82) is 0 Å². The van der Waals surface area contributed by atoms with Crippen LogP contribution in [0.2, 0.25) is 5.02 Å². The lowest BCUT2D eigenvalue weighted by atomic mass is 9.78. The van der Waals surface area contributed by atoms with Crippen LogP contribution in [-0.4, -0.2) is 23.1 Å². The number of carboxylic acid groups (broad SMARTS) is 1. The van der Waals surface area contributed by atoms with Crippen LogP contribution in [0.25, 0.3) is 11.1 Å². The highest BCUT2D eigenvalue weighted by molar-refractivity contribution is 6.30. The van der Waals surface area contributed by atoms with Gasteiger partial charge in [0.1, 0.15) is 5.75 Å². The molecular weight excluding hydrogens is 510 g/mol. The lowest BCUT2D eigenvalue weighted by Crippen LogP contribution is -2.37. The van der Waals surface area contributed by atoms with Crippen molar-refractivity contribution >= 4 is 29.2 Å². The van der Waals surface area contributed by atoms with E-state index in [4.69, 9.17) is 16.3 Å². The largest absolute Gasteiger partial charge is 0.478 e. The quantitative estimate of drug-likeness (QED) is 0.230. The summed E-state index contributed by atoms with van der Waals surface area (Å²) in [5.41, 5.74) is 4.06. The molecule has 4 aromatic rings. The summed E-state index contributed by atoms with van der Waals surface area (Å²) in [6.07, 6.45) is 2.99. The molecule has 0 aliphatic heterocycles. The predicted octanol–water partition coefficient (Wildman–Crippen LogP) is 7.53. The Morgan fingerprint density at radius 2 is 1.41 bits per heavy atom. The second kappa shape index (κ2) is 11.7. The smallest absolute Gasteiger partial charge is 0.345 e. The Morgan fingerprint density at radius 3 is 2.00 bits per heavy atom. The first kappa shape index (κ1) is 26.5. The van der Waals surface area contributed by atoms with E-state index in [0.717, 1.165) is 53.6 Å². The number of amides is 1. The fraction of sp³-hybridized carbons (Fsp3) is 0.212. The Morgan fingerprint density at radius 1 is 0.821 bits per heavy atom.